The maximum Gasteiger partial charge on any atom is 0.242 e. The minimum Gasteiger partial charge on any atom is -0.379 e. The minimum atomic E-state index is -0.447. The fraction of sp³-hybridized carbons (Fsp3) is 0.333. The molecule has 1 heterocycles. The number of aryl methyl sites for hydroxylation is 1. The Labute approximate surface area is 180 Å². The third kappa shape index (κ3) is 5.70. The van der Waals surface area contributed by atoms with Crippen molar-refractivity contribution in [3.8, 4) is 0 Å². The quantitative estimate of drug-likeness (QED) is 0.412. The highest BCUT2D eigenvalue weighted by atomic mass is 35.5. The van der Waals surface area contributed by atoms with Gasteiger partial charge in [0, 0.05) is 25.2 Å². The molecule has 3 N–H and O–H groups in total. The molecule has 0 saturated carbocycles. The molecule has 1 fully saturated rings. The van der Waals surface area contributed by atoms with Crippen LogP contribution in [0.2, 0.25) is 10.0 Å². The predicted molar refractivity (Wildman–Crippen MR) is 118 cm³/mol. The average molecular weight is 435 g/mol. The summed E-state index contributed by atoms with van der Waals surface area (Å²) < 4.78 is 5.45. The van der Waals surface area contributed by atoms with E-state index in [-0.39, 0.29) is 5.91 Å². The first-order valence-electron chi connectivity index (χ1n) is 9.39. The van der Waals surface area contributed by atoms with E-state index in [0.29, 0.717) is 48.5 Å². The zero-order valence-electron chi connectivity index (χ0n) is 16.2. The van der Waals surface area contributed by atoms with Gasteiger partial charge < -0.3 is 15.9 Å². The van der Waals surface area contributed by atoms with Crippen LogP contribution in [0, 0.1) is 6.92 Å². The Hall–Kier alpha value is -2.12. The molecule has 154 valence electrons. The molecule has 1 saturated heterocycles. The van der Waals surface area contributed by atoms with E-state index < -0.39 is 6.04 Å². The van der Waals surface area contributed by atoms with Crippen molar-refractivity contribution in [3.05, 3.63) is 63.6 Å². The number of amides is 1. The second kappa shape index (κ2) is 10.1. The van der Waals surface area contributed by atoms with Gasteiger partial charge in [0.15, 0.2) is 0 Å². The SMILES string of the molecule is Cc1ccc(NC(=O)C(C/C(=N\N)c2ccc(Cl)c(Cl)c2)N2CCOCC2)cc1. The molecule has 3 rings (SSSR count). The number of rotatable bonds is 6. The van der Waals surface area contributed by atoms with Gasteiger partial charge in [-0.1, -0.05) is 47.0 Å². The van der Waals surface area contributed by atoms with Crippen LogP contribution < -0.4 is 11.2 Å². The monoisotopic (exact) mass is 434 g/mol. The summed E-state index contributed by atoms with van der Waals surface area (Å²) >= 11 is 12.2. The molecule has 1 aliphatic rings. The van der Waals surface area contributed by atoms with Crippen LogP contribution in [0.25, 0.3) is 0 Å². The summed E-state index contributed by atoms with van der Waals surface area (Å²) in [6.45, 7) is 4.48. The standard InChI is InChI=1S/C21H24Cl2N4O2/c1-14-2-5-16(6-3-14)25-21(28)20(27-8-10-29-11-9-27)13-19(26-24)15-4-7-17(22)18(23)12-15/h2-7,12,20H,8-11,13,24H2,1H3,(H,25,28)/b26-19+. The normalized spacial score (nSPS) is 16.4. The lowest BCUT2D eigenvalue weighted by Crippen LogP contribution is -2.50. The topological polar surface area (TPSA) is 80.0 Å². The van der Waals surface area contributed by atoms with Crippen LogP contribution in [0.5, 0.6) is 0 Å². The molecular weight excluding hydrogens is 411 g/mol. The van der Waals surface area contributed by atoms with Gasteiger partial charge in [-0.05, 0) is 36.8 Å². The number of hydrogen-bond acceptors (Lipinski definition) is 5. The number of nitrogens with zero attached hydrogens (tertiary/aromatic N) is 2. The summed E-state index contributed by atoms with van der Waals surface area (Å²) in [5.74, 6) is 5.56. The minimum absolute atomic E-state index is 0.114. The van der Waals surface area contributed by atoms with Gasteiger partial charge in [-0.25, -0.2) is 0 Å². The maximum atomic E-state index is 13.2. The van der Waals surface area contributed by atoms with E-state index in [1.54, 1.807) is 18.2 Å². The zero-order valence-corrected chi connectivity index (χ0v) is 17.7. The lowest BCUT2D eigenvalue weighted by Gasteiger charge is -2.33. The summed E-state index contributed by atoms with van der Waals surface area (Å²) in [7, 11) is 0. The number of hydrazone groups is 1. The van der Waals surface area contributed by atoms with Crippen molar-refractivity contribution in [3.63, 3.8) is 0 Å². The van der Waals surface area contributed by atoms with Gasteiger partial charge in [-0.2, -0.15) is 5.10 Å². The fourth-order valence-corrected chi connectivity index (χ4v) is 3.54. The van der Waals surface area contributed by atoms with Gasteiger partial charge >= 0.3 is 0 Å². The van der Waals surface area contributed by atoms with Crippen LogP contribution in [0.15, 0.2) is 47.6 Å². The third-order valence-electron chi connectivity index (χ3n) is 4.90. The Morgan fingerprint density at radius 2 is 1.86 bits per heavy atom. The van der Waals surface area contributed by atoms with E-state index in [9.17, 15) is 4.79 Å². The molecule has 2 aromatic carbocycles. The zero-order chi connectivity index (χ0) is 20.8. The number of anilines is 1. The van der Waals surface area contributed by atoms with Crippen molar-refractivity contribution in [2.24, 2.45) is 10.9 Å². The third-order valence-corrected chi connectivity index (χ3v) is 5.64. The summed E-state index contributed by atoms with van der Waals surface area (Å²) in [5.41, 5.74) is 3.20. The molecule has 1 aliphatic heterocycles. The fourth-order valence-electron chi connectivity index (χ4n) is 3.24. The number of halogens is 2. The average Bonchev–Trinajstić information content (AvgIpc) is 2.73. The van der Waals surface area contributed by atoms with E-state index in [1.807, 2.05) is 31.2 Å². The number of ether oxygens (including phenoxy) is 1. The number of nitrogens with one attached hydrogen (secondary N) is 1. The smallest absolute Gasteiger partial charge is 0.242 e. The predicted octanol–water partition coefficient (Wildman–Crippen LogP) is 3.69. The Morgan fingerprint density at radius 1 is 1.17 bits per heavy atom. The first kappa shape index (κ1) is 21.6. The Morgan fingerprint density at radius 3 is 2.48 bits per heavy atom. The van der Waals surface area contributed by atoms with Gasteiger partial charge in [-0.15, -0.1) is 0 Å². The van der Waals surface area contributed by atoms with Gasteiger partial charge in [0.2, 0.25) is 5.91 Å². The highest BCUT2D eigenvalue weighted by molar-refractivity contribution is 6.42. The molecular formula is C21H24Cl2N4O2. The first-order valence-corrected chi connectivity index (χ1v) is 10.1. The molecule has 8 heteroatoms. The lowest BCUT2D eigenvalue weighted by atomic mass is 10.0. The van der Waals surface area contributed by atoms with Crippen LogP contribution in [0.1, 0.15) is 17.5 Å². The number of nitrogens with two attached hydrogens (primary N) is 1. The highest BCUT2D eigenvalue weighted by Crippen LogP contribution is 2.24. The first-order chi connectivity index (χ1) is 14.0. The van der Waals surface area contributed by atoms with Gasteiger partial charge in [0.25, 0.3) is 0 Å². The van der Waals surface area contributed by atoms with E-state index in [0.717, 1.165) is 16.8 Å². The van der Waals surface area contributed by atoms with Crippen molar-refractivity contribution >= 4 is 40.5 Å². The summed E-state index contributed by atoms with van der Waals surface area (Å²) in [6.07, 6.45) is 0.339. The second-order valence-corrected chi connectivity index (χ2v) is 7.74. The molecule has 0 bridgehead atoms. The summed E-state index contributed by atoms with van der Waals surface area (Å²) in [5, 5.41) is 7.81. The number of hydrogen-bond donors (Lipinski definition) is 2. The number of morpholine rings is 1. The van der Waals surface area contributed by atoms with Crippen molar-refractivity contribution in [2.75, 3.05) is 31.6 Å². The molecule has 0 spiro atoms. The Kier molecular flexibility index (Phi) is 7.50. The Bertz CT molecular complexity index is 881. The van der Waals surface area contributed by atoms with E-state index in [4.69, 9.17) is 33.8 Å². The van der Waals surface area contributed by atoms with Gasteiger partial charge in [0.1, 0.15) is 0 Å². The van der Waals surface area contributed by atoms with E-state index >= 15 is 0 Å². The molecule has 0 radical (unpaired) electrons. The molecule has 1 unspecified atom stereocenters. The van der Waals surface area contributed by atoms with Crippen LogP contribution in [0.3, 0.4) is 0 Å². The molecule has 0 aliphatic carbocycles. The summed E-state index contributed by atoms with van der Waals surface area (Å²) in [6, 6.07) is 12.5. The molecule has 1 amide bonds. The summed E-state index contributed by atoms with van der Waals surface area (Å²) in [4.78, 5) is 15.3. The highest BCUT2D eigenvalue weighted by Gasteiger charge is 2.29. The van der Waals surface area contributed by atoms with Crippen LogP contribution >= 0.6 is 23.2 Å². The van der Waals surface area contributed by atoms with E-state index in [1.165, 1.54) is 0 Å². The molecule has 0 aromatic heterocycles. The molecule has 29 heavy (non-hydrogen) atoms. The van der Waals surface area contributed by atoms with Crippen LogP contribution in [0.4, 0.5) is 5.69 Å². The Balaban J connectivity index is 1.82. The van der Waals surface area contributed by atoms with E-state index in [2.05, 4.69) is 15.3 Å². The maximum absolute atomic E-state index is 13.2. The lowest BCUT2D eigenvalue weighted by molar-refractivity contribution is -0.122. The van der Waals surface area contributed by atoms with Crippen molar-refractivity contribution < 1.29 is 9.53 Å². The van der Waals surface area contributed by atoms with Crippen LogP contribution in [-0.2, 0) is 9.53 Å². The molecule has 6 nitrogen and oxygen atoms in total. The van der Waals surface area contributed by atoms with Crippen molar-refractivity contribution in [1.82, 2.24) is 4.90 Å². The number of carbonyl (C=O) groups excluding carboxylic acids is 1. The molecule has 1 atom stereocenters. The van der Waals surface area contributed by atoms with Crippen LogP contribution in [-0.4, -0.2) is 48.9 Å². The number of carbonyl (C=O) groups is 1. The van der Waals surface area contributed by atoms with Crippen molar-refractivity contribution in [2.45, 2.75) is 19.4 Å². The van der Waals surface area contributed by atoms with Crippen molar-refractivity contribution in [1.29, 1.82) is 0 Å². The van der Waals surface area contributed by atoms with Gasteiger partial charge in [-0.3, -0.25) is 9.69 Å². The van der Waals surface area contributed by atoms with Gasteiger partial charge in [0.05, 0.1) is 35.0 Å². The molecule has 2 aromatic rings. The second-order valence-electron chi connectivity index (χ2n) is 6.93. The largest absolute Gasteiger partial charge is 0.379 e. The number of benzene rings is 2.